The second-order valence-electron chi connectivity index (χ2n) is 3.86. The number of methoxy groups -OCH3 is 6. The Labute approximate surface area is 109 Å². The Hall–Kier alpha value is -0.240. The maximum absolute atomic E-state index is 5.47. The molecule has 0 fully saturated rings. The first-order chi connectivity index (χ1) is 8.69. The van der Waals surface area contributed by atoms with E-state index in [1.54, 1.807) is 42.7 Å². The van der Waals surface area contributed by atoms with Gasteiger partial charge in [0.2, 0.25) is 0 Å². The largest absolute Gasteiger partial charge is 0.382 e. The van der Waals surface area contributed by atoms with E-state index in [0.29, 0.717) is 13.2 Å². The van der Waals surface area contributed by atoms with Crippen molar-refractivity contribution in [2.45, 2.75) is 24.4 Å². The molecule has 0 aliphatic rings. The number of ether oxygens (including phenoxy) is 6. The van der Waals surface area contributed by atoms with Crippen molar-refractivity contribution in [2.24, 2.45) is 0 Å². The van der Waals surface area contributed by atoms with Crippen LogP contribution < -0.4 is 0 Å². The van der Waals surface area contributed by atoms with Crippen molar-refractivity contribution in [1.29, 1.82) is 0 Å². The van der Waals surface area contributed by atoms with Crippen molar-refractivity contribution in [3.05, 3.63) is 0 Å². The zero-order valence-electron chi connectivity index (χ0n) is 12.2. The van der Waals surface area contributed by atoms with Crippen LogP contribution >= 0.6 is 0 Å². The fourth-order valence-electron chi connectivity index (χ4n) is 1.92. The molecule has 0 aliphatic heterocycles. The number of hydrogen-bond acceptors (Lipinski definition) is 6. The number of rotatable bonds is 11. The van der Waals surface area contributed by atoms with E-state index in [2.05, 4.69) is 0 Å². The second-order valence-corrected chi connectivity index (χ2v) is 3.86. The molecule has 0 amide bonds. The van der Waals surface area contributed by atoms with Crippen molar-refractivity contribution in [3.8, 4) is 0 Å². The van der Waals surface area contributed by atoms with Crippen molar-refractivity contribution < 1.29 is 28.4 Å². The summed E-state index contributed by atoms with van der Waals surface area (Å²) in [7, 11) is 9.67. The standard InChI is InChI=1S/C12H26O6/c1-13-7-9(15-3)11(17-5)12(18-6)10(16-4)8-14-2/h9-12H,7-8H2,1-6H3/t9-,10-,11-,12+/m0/s1. The molecule has 0 aromatic carbocycles. The molecule has 0 radical (unpaired) electrons. The first-order valence-electron chi connectivity index (χ1n) is 5.79. The lowest BCUT2D eigenvalue weighted by Crippen LogP contribution is -2.50. The first kappa shape index (κ1) is 17.8. The highest BCUT2D eigenvalue weighted by Gasteiger charge is 2.36. The molecular formula is C12H26O6. The lowest BCUT2D eigenvalue weighted by Gasteiger charge is -2.34. The molecule has 0 rings (SSSR count). The van der Waals surface area contributed by atoms with Gasteiger partial charge >= 0.3 is 0 Å². The Bertz CT molecular complexity index is 169. The minimum Gasteiger partial charge on any atom is -0.382 e. The maximum Gasteiger partial charge on any atom is 0.114 e. The normalized spacial score (nSPS) is 18.3. The molecule has 4 atom stereocenters. The molecule has 0 aliphatic carbocycles. The van der Waals surface area contributed by atoms with E-state index in [-0.39, 0.29) is 24.4 Å². The van der Waals surface area contributed by atoms with Crippen molar-refractivity contribution in [3.63, 3.8) is 0 Å². The summed E-state index contributed by atoms with van der Waals surface area (Å²) >= 11 is 0. The second kappa shape index (κ2) is 10.7. The van der Waals surface area contributed by atoms with Crippen LogP contribution in [-0.4, -0.2) is 80.3 Å². The first-order valence-corrected chi connectivity index (χ1v) is 5.79. The van der Waals surface area contributed by atoms with Crippen LogP contribution in [-0.2, 0) is 28.4 Å². The third kappa shape index (κ3) is 5.17. The van der Waals surface area contributed by atoms with E-state index in [1.165, 1.54) is 0 Å². The van der Waals surface area contributed by atoms with Crippen molar-refractivity contribution in [2.75, 3.05) is 55.9 Å². The smallest absolute Gasteiger partial charge is 0.114 e. The lowest BCUT2D eigenvalue weighted by molar-refractivity contribution is -0.166. The third-order valence-corrected chi connectivity index (χ3v) is 2.87. The molecule has 0 saturated heterocycles. The van der Waals surface area contributed by atoms with E-state index < -0.39 is 0 Å². The lowest BCUT2D eigenvalue weighted by atomic mass is 10.0. The Morgan fingerprint density at radius 1 is 0.556 bits per heavy atom. The van der Waals surface area contributed by atoms with Crippen LogP contribution in [0.25, 0.3) is 0 Å². The van der Waals surface area contributed by atoms with E-state index in [9.17, 15) is 0 Å². The molecule has 0 aromatic rings. The quantitative estimate of drug-likeness (QED) is 0.537. The van der Waals surface area contributed by atoms with E-state index in [1.807, 2.05) is 0 Å². The summed E-state index contributed by atoms with van der Waals surface area (Å²) in [5.74, 6) is 0. The predicted molar refractivity (Wildman–Crippen MR) is 66.9 cm³/mol. The van der Waals surface area contributed by atoms with Gasteiger partial charge in [0.15, 0.2) is 0 Å². The van der Waals surface area contributed by atoms with Crippen LogP contribution in [0.3, 0.4) is 0 Å². The zero-order chi connectivity index (χ0) is 14.0. The molecular weight excluding hydrogens is 240 g/mol. The molecule has 0 saturated carbocycles. The Morgan fingerprint density at radius 2 is 0.889 bits per heavy atom. The van der Waals surface area contributed by atoms with Gasteiger partial charge in [-0.1, -0.05) is 0 Å². The SMILES string of the molecule is COC[C@H](OC)[C@H](OC)[C@H](OC)[C@H](COC)OC. The molecule has 0 heterocycles. The van der Waals surface area contributed by atoms with E-state index in [0.717, 1.165) is 0 Å². The molecule has 0 unspecified atom stereocenters. The van der Waals surface area contributed by atoms with Crippen molar-refractivity contribution in [1.82, 2.24) is 0 Å². The van der Waals surface area contributed by atoms with Crippen LogP contribution in [0.5, 0.6) is 0 Å². The fourth-order valence-corrected chi connectivity index (χ4v) is 1.92. The molecule has 18 heavy (non-hydrogen) atoms. The molecule has 0 aromatic heterocycles. The third-order valence-electron chi connectivity index (χ3n) is 2.87. The van der Waals surface area contributed by atoms with Gasteiger partial charge in [0, 0.05) is 42.7 Å². The van der Waals surface area contributed by atoms with Crippen LogP contribution in [0, 0.1) is 0 Å². The average molecular weight is 266 g/mol. The Balaban J connectivity index is 4.81. The molecule has 6 heteroatoms. The monoisotopic (exact) mass is 266 g/mol. The van der Waals surface area contributed by atoms with Crippen LogP contribution in [0.4, 0.5) is 0 Å². The van der Waals surface area contributed by atoms with Crippen molar-refractivity contribution >= 4 is 0 Å². The Morgan fingerprint density at radius 3 is 1.06 bits per heavy atom. The summed E-state index contributed by atoms with van der Waals surface area (Å²) in [4.78, 5) is 0. The van der Waals surface area contributed by atoms with Gasteiger partial charge in [-0.2, -0.15) is 0 Å². The summed E-state index contributed by atoms with van der Waals surface area (Å²) in [6, 6.07) is 0. The fraction of sp³-hybridized carbons (Fsp3) is 1.00. The minimum absolute atomic E-state index is 0.237. The van der Waals surface area contributed by atoms with Crippen LogP contribution in [0.15, 0.2) is 0 Å². The molecule has 110 valence electrons. The summed E-state index contributed by atoms with van der Waals surface area (Å²) in [5, 5.41) is 0. The molecule has 0 bridgehead atoms. The van der Waals surface area contributed by atoms with Gasteiger partial charge in [0.1, 0.15) is 24.4 Å². The minimum atomic E-state index is -0.306. The highest BCUT2D eigenvalue weighted by Crippen LogP contribution is 2.16. The average Bonchev–Trinajstić information content (AvgIpc) is 2.40. The van der Waals surface area contributed by atoms with E-state index >= 15 is 0 Å². The van der Waals surface area contributed by atoms with E-state index in [4.69, 9.17) is 28.4 Å². The molecule has 0 N–H and O–H groups in total. The van der Waals surface area contributed by atoms with Gasteiger partial charge in [-0.3, -0.25) is 0 Å². The van der Waals surface area contributed by atoms with Gasteiger partial charge in [-0.25, -0.2) is 0 Å². The highest BCUT2D eigenvalue weighted by atomic mass is 16.6. The van der Waals surface area contributed by atoms with Gasteiger partial charge in [-0.05, 0) is 0 Å². The zero-order valence-corrected chi connectivity index (χ0v) is 12.2. The van der Waals surface area contributed by atoms with Gasteiger partial charge in [0.25, 0.3) is 0 Å². The summed E-state index contributed by atoms with van der Waals surface area (Å²) < 4.78 is 31.9. The Kier molecular flexibility index (Phi) is 10.5. The number of hydrogen-bond donors (Lipinski definition) is 0. The highest BCUT2D eigenvalue weighted by molar-refractivity contribution is 4.85. The van der Waals surface area contributed by atoms with Gasteiger partial charge in [-0.15, -0.1) is 0 Å². The van der Waals surface area contributed by atoms with Crippen LogP contribution in [0.1, 0.15) is 0 Å². The summed E-state index contributed by atoms with van der Waals surface area (Å²) in [6.45, 7) is 0.830. The summed E-state index contributed by atoms with van der Waals surface area (Å²) in [6.07, 6.45) is -1.08. The van der Waals surface area contributed by atoms with Crippen LogP contribution in [0.2, 0.25) is 0 Å². The topological polar surface area (TPSA) is 55.4 Å². The molecule has 6 nitrogen and oxygen atoms in total. The molecule has 0 spiro atoms. The van der Waals surface area contributed by atoms with Gasteiger partial charge in [0.05, 0.1) is 13.2 Å². The summed E-state index contributed by atoms with van der Waals surface area (Å²) in [5.41, 5.74) is 0. The predicted octanol–water partition coefficient (Wildman–Crippen LogP) is 0.339. The van der Waals surface area contributed by atoms with Gasteiger partial charge < -0.3 is 28.4 Å². The maximum atomic E-state index is 5.47.